The zero-order valence-electron chi connectivity index (χ0n) is 13.2. The summed E-state index contributed by atoms with van der Waals surface area (Å²) in [4.78, 5) is 23.4. The number of halogens is 1. The zero-order chi connectivity index (χ0) is 16.7. The molecule has 0 unspecified atom stereocenters. The van der Waals surface area contributed by atoms with Crippen LogP contribution in [0.25, 0.3) is 0 Å². The van der Waals surface area contributed by atoms with E-state index in [2.05, 4.69) is 12.2 Å². The first-order chi connectivity index (χ1) is 11.0. The summed E-state index contributed by atoms with van der Waals surface area (Å²) in [6, 6.07) is 6.91. The lowest BCUT2D eigenvalue weighted by atomic mass is 9.86. The summed E-state index contributed by atoms with van der Waals surface area (Å²) in [7, 11) is 0. The maximum absolute atomic E-state index is 11.8. The first kappa shape index (κ1) is 17.6. The number of rotatable bonds is 6. The minimum absolute atomic E-state index is 0.178. The van der Waals surface area contributed by atoms with Crippen molar-refractivity contribution < 1.29 is 19.1 Å². The Hall–Kier alpha value is -1.75. The molecule has 1 aliphatic rings. The van der Waals surface area contributed by atoms with Crippen LogP contribution in [0, 0.1) is 5.92 Å². The van der Waals surface area contributed by atoms with Gasteiger partial charge in [0.05, 0.1) is 0 Å². The fourth-order valence-electron chi connectivity index (χ4n) is 2.67. The van der Waals surface area contributed by atoms with Crippen LogP contribution in [0.5, 0.6) is 5.75 Å². The normalized spacial score (nSPS) is 20.6. The lowest BCUT2D eigenvalue weighted by Gasteiger charge is -2.29. The van der Waals surface area contributed by atoms with Crippen molar-refractivity contribution >= 4 is 23.5 Å². The van der Waals surface area contributed by atoms with Crippen LogP contribution in [0.4, 0.5) is 0 Å². The minimum atomic E-state index is -0.586. The lowest BCUT2D eigenvalue weighted by Crippen LogP contribution is -2.43. The Morgan fingerprint density at radius 1 is 1.26 bits per heavy atom. The molecule has 0 saturated heterocycles. The molecule has 1 aliphatic carbocycles. The highest BCUT2D eigenvalue weighted by Gasteiger charge is 2.23. The van der Waals surface area contributed by atoms with Gasteiger partial charge in [-0.25, -0.2) is 4.79 Å². The van der Waals surface area contributed by atoms with E-state index in [9.17, 15) is 9.59 Å². The van der Waals surface area contributed by atoms with Crippen LogP contribution in [0.1, 0.15) is 32.6 Å². The maximum atomic E-state index is 11.8. The molecule has 23 heavy (non-hydrogen) atoms. The molecule has 0 spiro atoms. The van der Waals surface area contributed by atoms with Gasteiger partial charge in [0, 0.05) is 11.1 Å². The molecule has 126 valence electrons. The Balaban J connectivity index is 1.66. The molecule has 1 amide bonds. The van der Waals surface area contributed by atoms with Gasteiger partial charge in [-0.3, -0.25) is 4.79 Å². The third kappa shape index (κ3) is 6.10. The molecule has 0 aliphatic heterocycles. The van der Waals surface area contributed by atoms with E-state index in [0.717, 1.165) is 19.3 Å². The van der Waals surface area contributed by atoms with Crippen LogP contribution in [0.15, 0.2) is 24.3 Å². The van der Waals surface area contributed by atoms with Crippen molar-refractivity contribution in [2.75, 3.05) is 13.2 Å². The lowest BCUT2D eigenvalue weighted by molar-refractivity contribution is -0.150. The zero-order valence-corrected chi connectivity index (χ0v) is 14.0. The third-order valence-electron chi connectivity index (χ3n) is 3.97. The first-order valence-electron chi connectivity index (χ1n) is 7.88. The maximum Gasteiger partial charge on any atom is 0.344 e. The second-order valence-corrected chi connectivity index (χ2v) is 6.28. The molecule has 1 saturated carbocycles. The van der Waals surface area contributed by atoms with Gasteiger partial charge in [0.1, 0.15) is 5.75 Å². The van der Waals surface area contributed by atoms with E-state index in [1.165, 1.54) is 6.42 Å². The topological polar surface area (TPSA) is 64.6 Å². The van der Waals surface area contributed by atoms with E-state index >= 15 is 0 Å². The molecule has 6 heteroatoms. The number of esters is 1. The Labute approximate surface area is 141 Å². The smallest absolute Gasteiger partial charge is 0.344 e. The number of hydrogen-bond acceptors (Lipinski definition) is 4. The van der Waals surface area contributed by atoms with Crippen molar-refractivity contribution in [2.45, 2.75) is 38.6 Å². The van der Waals surface area contributed by atoms with Crippen molar-refractivity contribution in [3.63, 3.8) is 0 Å². The number of carbonyl (C=O) groups is 2. The number of nitrogens with one attached hydrogen (secondary N) is 1. The van der Waals surface area contributed by atoms with E-state index in [0.29, 0.717) is 16.7 Å². The van der Waals surface area contributed by atoms with Gasteiger partial charge < -0.3 is 14.8 Å². The van der Waals surface area contributed by atoms with Crippen molar-refractivity contribution in [3.05, 3.63) is 29.3 Å². The molecule has 1 aromatic carbocycles. The molecular weight excluding hydrogens is 318 g/mol. The van der Waals surface area contributed by atoms with Gasteiger partial charge in [0.2, 0.25) is 0 Å². The number of benzene rings is 1. The molecule has 5 nitrogen and oxygen atoms in total. The highest BCUT2D eigenvalue weighted by atomic mass is 35.5. The molecule has 0 radical (unpaired) electrons. The summed E-state index contributed by atoms with van der Waals surface area (Å²) in [5.74, 6) is 0.0983. The molecule has 0 aromatic heterocycles. The van der Waals surface area contributed by atoms with E-state index in [4.69, 9.17) is 21.1 Å². The fraction of sp³-hybridized carbons (Fsp3) is 0.529. The van der Waals surface area contributed by atoms with E-state index < -0.39 is 5.97 Å². The summed E-state index contributed by atoms with van der Waals surface area (Å²) < 4.78 is 10.2. The summed E-state index contributed by atoms with van der Waals surface area (Å²) in [6.07, 6.45) is 4.45. The average molecular weight is 340 g/mol. The molecule has 1 N–H and O–H groups in total. The Morgan fingerprint density at radius 3 is 2.78 bits per heavy atom. The van der Waals surface area contributed by atoms with Crippen LogP contribution in [-0.2, 0) is 14.3 Å². The molecule has 2 rings (SSSR count). The standard InChI is InChI=1S/C17H22ClNO4/c1-12-5-2-3-8-15(12)19-16(20)10-23-17(21)11-22-14-7-4-6-13(18)9-14/h4,6-7,9,12,15H,2-3,5,8,10-11H2,1H3,(H,19,20)/t12-,15-/m0/s1. The number of amides is 1. The predicted octanol–water partition coefficient (Wildman–Crippen LogP) is 2.96. The van der Waals surface area contributed by atoms with Gasteiger partial charge in [-0.05, 0) is 37.0 Å². The van der Waals surface area contributed by atoms with Crippen LogP contribution < -0.4 is 10.1 Å². The largest absolute Gasteiger partial charge is 0.482 e. The van der Waals surface area contributed by atoms with Gasteiger partial charge in [-0.15, -0.1) is 0 Å². The summed E-state index contributed by atoms with van der Waals surface area (Å²) in [6.45, 7) is 1.60. The highest BCUT2D eigenvalue weighted by molar-refractivity contribution is 6.30. The molecular formula is C17H22ClNO4. The van der Waals surface area contributed by atoms with Crippen molar-refractivity contribution in [1.82, 2.24) is 5.32 Å². The van der Waals surface area contributed by atoms with Gasteiger partial charge in [0.25, 0.3) is 5.91 Å². The Kier molecular flexibility index (Phi) is 6.71. The van der Waals surface area contributed by atoms with Crippen molar-refractivity contribution in [1.29, 1.82) is 0 Å². The van der Waals surface area contributed by atoms with Crippen LogP contribution in [0.3, 0.4) is 0 Å². The van der Waals surface area contributed by atoms with E-state index in [-0.39, 0.29) is 25.2 Å². The van der Waals surface area contributed by atoms with E-state index in [1.807, 2.05) is 0 Å². The molecule has 1 fully saturated rings. The number of carbonyl (C=O) groups excluding carboxylic acids is 2. The summed E-state index contributed by atoms with van der Waals surface area (Å²) >= 11 is 5.82. The van der Waals surface area contributed by atoms with Crippen LogP contribution in [-0.4, -0.2) is 31.1 Å². The molecule has 1 aromatic rings. The van der Waals surface area contributed by atoms with E-state index in [1.54, 1.807) is 24.3 Å². The van der Waals surface area contributed by atoms with Crippen LogP contribution >= 0.6 is 11.6 Å². The highest BCUT2D eigenvalue weighted by Crippen LogP contribution is 2.23. The molecule has 0 bridgehead atoms. The number of hydrogen-bond donors (Lipinski definition) is 1. The summed E-state index contributed by atoms with van der Waals surface area (Å²) in [5, 5.41) is 3.46. The first-order valence-corrected chi connectivity index (χ1v) is 8.26. The molecule has 0 heterocycles. The van der Waals surface area contributed by atoms with Crippen molar-refractivity contribution in [3.8, 4) is 5.75 Å². The van der Waals surface area contributed by atoms with Gasteiger partial charge in [-0.2, -0.15) is 0 Å². The monoisotopic (exact) mass is 339 g/mol. The Bertz CT molecular complexity index is 549. The summed E-state index contributed by atoms with van der Waals surface area (Å²) in [5.41, 5.74) is 0. The number of ether oxygens (including phenoxy) is 2. The fourth-order valence-corrected chi connectivity index (χ4v) is 2.85. The minimum Gasteiger partial charge on any atom is -0.482 e. The SMILES string of the molecule is C[C@H]1CCCC[C@@H]1NC(=O)COC(=O)COc1cccc(Cl)c1. The predicted molar refractivity (Wildman–Crippen MR) is 87.5 cm³/mol. The Morgan fingerprint density at radius 2 is 2.04 bits per heavy atom. The van der Waals surface area contributed by atoms with Gasteiger partial charge in [0.15, 0.2) is 13.2 Å². The van der Waals surface area contributed by atoms with Gasteiger partial charge >= 0.3 is 5.97 Å². The second kappa shape index (κ2) is 8.77. The quantitative estimate of drug-likeness (QED) is 0.809. The second-order valence-electron chi connectivity index (χ2n) is 5.84. The van der Waals surface area contributed by atoms with Crippen LogP contribution in [0.2, 0.25) is 5.02 Å². The van der Waals surface area contributed by atoms with Crippen molar-refractivity contribution in [2.24, 2.45) is 5.92 Å². The average Bonchev–Trinajstić information content (AvgIpc) is 2.53. The third-order valence-corrected chi connectivity index (χ3v) is 4.21. The van der Waals surface area contributed by atoms with Gasteiger partial charge in [-0.1, -0.05) is 37.4 Å². The molecule has 2 atom stereocenters.